The standard InChI is InChI=1S/C21H17FO4/c1-4-5-15(12(2)22)17-10-20-18(9-19(17)21(24)25-3)16-7-6-14(23)8-13(16)11-26-20/h4-10,23H,1-2,11H2,3H3/b15-5+. The van der Waals surface area contributed by atoms with Gasteiger partial charge in [-0.2, -0.15) is 0 Å². The smallest absolute Gasteiger partial charge is 0.338 e. The van der Waals surface area contributed by atoms with Gasteiger partial charge in [0.05, 0.1) is 12.7 Å². The summed E-state index contributed by atoms with van der Waals surface area (Å²) in [6.45, 7) is 7.16. The zero-order chi connectivity index (χ0) is 18.8. The van der Waals surface area contributed by atoms with E-state index in [1.165, 1.54) is 19.3 Å². The number of carbonyl (C=O) groups is 1. The molecule has 0 amide bonds. The Hall–Kier alpha value is -3.34. The fourth-order valence-electron chi connectivity index (χ4n) is 2.97. The highest BCUT2D eigenvalue weighted by molar-refractivity contribution is 6.00. The first-order valence-corrected chi connectivity index (χ1v) is 7.85. The number of esters is 1. The number of ether oxygens (including phenoxy) is 2. The van der Waals surface area contributed by atoms with Gasteiger partial charge in [-0.1, -0.05) is 31.4 Å². The third kappa shape index (κ3) is 2.99. The fourth-order valence-corrected chi connectivity index (χ4v) is 2.97. The van der Waals surface area contributed by atoms with Gasteiger partial charge >= 0.3 is 5.97 Å². The summed E-state index contributed by atoms with van der Waals surface area (Å²) in [5.41, 5.74) is 2.90. The van der Waals surface area contributed by atoms with E-state index in [0.717, 1.165) is 11.1 Å². The molecule has 0 unspecified atom stereocenters. The molecule has 0 saturated heterocycles. The molecule has 0 aliphatic carbocycles. The van der Waals surface area contributed by atoms with Crippen LogP contribution in [-0.2, 0) is 11.3 Å². The lowest BCUT2D eigenvalue weighted by Crippen LogP contribution is -2.11. The van der Waals surface area contributed by atoms with E-state index in [9.17, 15) is 14.3 Å². The van der Waals surface area contributed by atoms with Gasteiger partial charge in [-0.3, -0.25) is 0 Å². The van der Waals surface area contributed by atoms with E-state index in [2.05, 4.69) is 13.2 Å². The first kappa shape index (κ1) is 17.5. The van der Waals surface area contributed by atoms with E-state index in [1.807, 2.05) is 0 Å². The molecular formula is C21H17FO4. The first-order chi connectivity index (χ1) is 12.5. The van der Waals surface area contributed by atoms with E-state index in [4.69, 9.17) is 9.47 Å². The van der Waals surface area contributed by atoms with Crippen LogP contribution < -0.4 is 4.74 Å². The molecule has 4 nitrogen and oxygen atoms in total. The largest absolute Gasteiger partial charge is 0.508 e. The Morgan fingerprint density at radius 1 is 1.27 bits per heavy atom. The molecule has 1 aliphatic heterocycles. The number of methoxy groups -OCH3 is 1. The summed E-state index contributed by atoms with van der Waals surface area (Å²) < 4.78 is 24.6. The van der Waals surface area contributed by atoms with Gasteiger partial charge in [-0.15, -0.1) is 0 Å². The second kappa shape index (κ2) is 6.88. The second-order valence-electron chi connectivity index (χ2n) is 5.74. The van der Waals surface area contributed by atoms with E-state index < -0.39 is 11.8 Å². The Morgan fingerprint density at radius 3 is 2.69 bits per heavy atom. The number of hydrogen-bond acceptors (Lipinski definition) is 4. The van der Waals surface area contributed by atoms with Crippen LogP contribution in [-0.4, -0.2) is 18.2 Å². The van der Waals surface area contributed by atoms with Gasteiger partial charge in [0, 0.05) is 22.3 Å². The van der Waals surface area contributed by atoms with Gasteiger partial charge in [-0.25, -0.2) is 9.18 Å². The van der Waals surface area contributed by atoms with Gasteiger partial charge in [0.2, 0.25) is 0 Å². The van der Waals surface area contributed by atoms with Crippen molar-refractivity contribution in [2.24, 2.45) is 0 Å². The van der Waals surface area contributed by atoms with Crippen LogP contribution in [0.15, 0.2) is 61.5 Å². The average Bonchev–Trinajstić information content (AvgIpc) is 2.63. The average molecular weight is 352 g/mol. The molecule has 0 fully saturated rings. The summed E-state index contributed by atoms with van der Waals surface area (Å²) in [5, 5.41) is 9.66. The van der Waals surface area contributed by atoms with E-state index in [1.54, 1.807) is 30.3 Å². The third-order valence-corrected chi connectivity index (χ3v) is 4.15. The van der Waals surface area contributed by atoms with Crippen molar-refractivity contribution < 1.29 is 23.8 Å². The van der Waals surface area contributed by atoms with Crippen LogP contribution >= 0.6 is 0 Å². The van der Waals surface area contributed by atoms with Crippen LogP contribution in [0.25, 0.3) is 16.7 Å². The molecule has 0 atom stereocenters. The maximum Gasteiger partial charge on any atom is 0.338 e. The molecule has 0 spiro atoms. The number of hydrogen-bond donors (Lipinski definition) is 1. The Labute approximate surface area is 150 Å². The number of halogens is 1. The van der Waals surface area contributed by atoms with Crippen molar-refractivity contribution >= 4 is 11.5 Å². The summed E-state index contributed by atoms with van der Waals surface area (Å²) in [5.74, 6) is -0.673. The maximum absolute atomic E-state index is 14.0. The minimum Gasteiger partial charge on any atom is -0.508 e. The molecule has 0 saturated carbocycles. The van der Waals surface area contributed by atoms with E-state index >= 15 is 0 Å². The molecule has 26 heavy (non-hydrogen) atoms. The Balaban J connectivity index is 2.28. The molecule has 2 aromatic carbocycles. The van der Waals surface area contributed by atoms with Crippen molar-refractivity contribution in [2.75, 3.05) is 7.11 Å². The minimum absolute atomic E-state index is 0.128. The van der Waals surface area contributed by atoms with Crippen molar-refractivity contribution in [2.45, 2.75) is 6.61 Å². The highest BCUT2D eigenvalue weighted by Crippen LogP contribution is 2.42. The molecule has 5 heteroatoms. The quantitative estimate of drug-likeness (QED) is 0.635. The first-order valence-electron chi connectivity index (χ1n) is 7.85. The summed E-state index contributed by atoms with van der Waals surface area (Å²) >= 11 is 0. The van der Waals surface area contributed by atoms with Gasteiger partial charge in [0.1, 0.15) is 23.9 Å². The molecule has 132 valence electrons. The van der Waals surface area contributed by atoms with Crippen molar-refractivity contribution in [1.29, 1.82) is 0 Å². The molecule has 1 aliphatic rings. The molecule has 0 bridgehead atoms. The molecule has 0 radical (unpaired) electrons. The Kier molecular flexibility index (Phi) is 4.63. The molecule has 1 N–H and O–H groups in total. The van der Waals surface area contributed by atoms with E-state index in [-0.39, 0.29) is 23.5 Å². The number of benzene rings is 2. The number of rotatable bonds is 4. The minimum atomic E-state index is -0.698. The monoisotopic (exact) mass is 352 g/mol. The highest BCUT2D eigenvalue weighted by atomic mass is 19.1. The third-order valence-electron chi connectivity index (χ3n) is 4.15. The predicted octanol–water partition coefficient (Wildman–Crippen LogP) is 4.79. The van der Waals surface area contributed by atoms with Crippen LogP contribution in [0.5, 0.6) is 11.5 Å². The van der Waals surface area contributed by atoms with E-state index in [0.29, 0.717) is 16.9 Å². The van der Waals surface area contributed by atoms with Crippen molar-refractivity contribution in [3.8, 4) is 22.6 Å². The van der Waals surface area contributed by atoms with Crippen LogP contribution in [0.1, 0.15) is 21.5 Å². The second-order valence-corrected chi connectivity index (χ2v) is 5.74. The summed E-state index contributed by atoms with van der Waals surface area (Å²) in [6, 6.07) is 8.12. The Bertz CT molecular complexity index is 957. The highest BCUT2D eigenvalue weighted by Gasteiger charge is 2.25. The van der Waals surface area contributed by atoms with Crippen molar-refractivity contribution in [1.82, 2.24) is 0 Å². The number of allylic oxidation sites excluding steroid dienone is 4. The number of carbonyl (C=O) groups excluding carboxylic acids is 1. The predicted molar refractivity (Wildman–Crippen MR) is 97.6 cm³/mol. The topological polar surface area (TPSA) is 55.8 Å². The fraction of sp³-hybridized carbons (Fsp3) is 0.0952. The number of phenolic OH excluding ortho intramolecular Hbond substituents is 1. The number of phenols is 1. The maximum atomic E-state index is 14.0. The van der Waals surface area contributed by atoms with Crippen LogP contribution in [0.2, 0.25) is 0 Å². The SMILES string of the molecule is C=C/C=C(\C(=C)F)c1cc2c(cc1C(=O)OC)-c1ccc(O)cc1CO2. The summed E-state index contributed by atoms with van der Waals surface area (Å²) in [7, 11) is 1.26. The zero-order valence-corrected chi connectivity index (χ0v) is 14.2. The van der Waals surface area contributed by atoms with Crippen molar-refractivity contribution in [3.05, 3.63) is 78.2 Å². The van der Waals surface area contributed by atoms with Crippen molar-refractivity contribution in [3.63, 3.8) is 0 Å². The lowest BCUT2D eigenvalue weighted by atomic mass is 9.90. The molecule has 1 heterocycles. The zero-order valence-electron chi connectivity index (χ0n) is 14.2. The summed E-state index contributed by atoms with van der Waals surface area (Å²) in [6.07, 6.45) is 2.85. The molecule has 2 aromatic rings. The summed E-state index contributed by atoms with van der Waals surface area (Å²) in [4.78, 5) is 12.3. The van der Waals surface area contributed by atoms with Crippen LogP contribution in [0.4, 0.5) is 4.39 Å². The molecule has 0 aromatic heterocycles. The molecule has 3 rings (SSSR count). The Morgan fingerprint density at radius 2 is 2.04 bits per heavy atom. The number of aromatic hydroxyl groups is 1. The lowest BCUT2D eigenvalue weighted by molar-refractivity contribution is 0.0600. The normalized spacial score (nSPS) is 12.5. The number of fused-ring (bicyclic) bond motifs is 3. The van der Waals surface area contributed by atoms with Crippen LogP contribution in [0.3, 0.4) is 0 Å². The lowest BCUT2D eigenvalue weighted by Gasteiger charge is -2.23. The van der Waals surface area contributed by atoms with Gasteiger partial charge in [-0.05, 0) is 29.8 Å². The van der Waals surface area contributed by atoms with Crippen LogP contribution in [0, 0.1) is 0 Å². The van der Waals surface area contributed by atoms with Gasteiger partial charge < -0.3 is 14.6 Å². The van der Waals surface area contributed by atoms with Gasteiger partial charge in [0.25, 0.3) is 0 Å². The van der Waals surface area contributed by atoms with Gasteiger partial charge in [0.15, 0.2) is 0 Å². The molecular weight excluding hydrogens is 335 g/mol.